The first-order valence-electron chi connectivity index (χ1n) is 6.79. The molecule has 1 rings (SSSR count). The number of benzene rings is 1. The third-order valence-electron chi connectivity index (χ3n) is 2.76. The highest BCUT2D eigenvalue weighted by Crippen LogP contribution is 2.19. The largest absolute Gasteiger partial charge is 0.483 e. The fourth-order valence-electron chi connectivity index (χ4n) is 1.73. The van der Waals surface area contributed by atoms with E-state index in [-0.39, 0.29) is 19.1 Å². The summed E-state index contributed by atoms with van der Waals surface area (Å²) in [7, 11) is 1.66. The topological polar surface area (TPSA) is 59.6 Å². The molecule has 0 aromatic heterocycles. The minimum absolute atomic E-state index is 0.0458. The number of hydrogen-bond donors (Lipinski definition) is 2. The zero-order valence-electron chi connectivity index (χ0n) is 12.6. The van der Waals surface area contributed by atoms with Crippen LogP contribution in [0.2, 0.25) is 0 Å². The predicted octanol–water partition coefficient (Wildman–Crippen LogP) is 0.859. The molecule has 0 aliphatic rings. The number of nitrogens with one attached hydrogen (secondary N) is 2. The van der Waals surface area contributed by atoms with Crippen LogP contribution in [0.5, 0.6) is 5.75 Å². The minimum atomic E-state index is -0.230. The van der Waals surface area contributed by atoms with Crippen LogP contribution in [0.15, 0.2) is 18.2 Å². The maximum Gasteiger partial charge on any atom is 0.258 e. The molecule has 0 radical (unpaired) electrons. The molecule has 1 aromatic carbocycles. The molecule has 1 aromatic rings. The van der Waals surface area contributed by atoms with Gasteiger partial charge in [0.15, 0.2) is 6.61 Å². The van der Waals surface area contributed by atoms with Gasteiger partial charge in [-0.15, -0.1) is 6.42 Å². The van der Waals surface area contributed by atoms with Crippen molar-refractivity contribution < 1.29 is 14.3 Å². The van der Waals surface area contributed by atoms with Gasteiger partial charge in [-0.05, 0) is 13.0 Å². The van der Waals surface area contributed by atoms with Gasteiger partial charge in [-0.1, -0.05) is 23.6 Å². The first kappa shape index (κ1) is 17.0. The monoisotopic (exact) mass is 290 g/mol. The summed E-state index contributed by atoms with van der Waals surface area (Å²) < 4.78 is 10.5. The van der Waals surface area contributed by atoms with Gasteiger partial charge in [-0.2, -0.15) is 0 Å². The summed E-state index contributed by atoms with van der Waals surface area (Å²) in [5.74, 6) is 2.81. The summed E-state index contributed by atoms with van der Waals surface area (Å²) in [6.07, 6.45) is 5.08. The Morgan fingerprint density at radius 3 is 2.95 bits per heavy atom. The Morgan fingerprint density at radius 2 is 2.24 bits per heavy atom. The van der Waals surface area contributed by atoms with E-state index in [4.69, 9.17) is 15.9 Å². The van der Waals surface area contributed by atoms with E-state index in [1.54, 1.807) is 7.11 Å². The highest BCUT2D eigenvalue weighted by atomic mass is 16.5. The van der Waals surface area contributed by atoms with Crippen molar-refractivity contribution in [1.82, 2.24) is 10.6 Å². The van der Waals surface area contributed by atoms with Gasteiger partial charge in [0.05, 0.1) is 13.2 Å². The summed E-state index contributed by atoms with van der Waals surface area (Å²) in [6.45, 7) is 4.24. The van der Waals surface area contributed by atoms with Crippen LogP contribution in [-0.4, -0.2) is 39.3 Å². The fourth-order valence-corrected chi connectivity index (χ4v) is 1.73. The van der Waals surface area contributed by atoms with Crippen molar-refractivity contribution in [2.45, 2.75) is 13.5 Å². The van der Waals surface area contributed by atoms with Gasteiger partial charge in [0.2, 0.25) is 0 Å². The first-order chi connectivity index (χ1) is 10.2. The molecule has 0 heterocycles. The van der Waals surface area contributed by atoms with Crippen molar-refractivity contribution in [1.29, 1.82) is 0 Å². The van der Waals surface area contributed by atoms with Gasteiger partial charge in [0.1, 0.15) is 5.75 Å². The third kappa shape index (κ3) is 6.80. The van der Waals surface area contributed by atoms with Crippen molar-refractivity contribution in [3.63, 3.8) is 0 Å². The Morgan fingerprint density at radius 1 is 1.43 bits per heavy atom. The van der Waals surface area contributed by atoms with Crippen molar-refractivity contribution in [3.8, 4) is 18.1 Å². The molecule has 0 aliphatic heterocycles. The first-order valence-corrected chi connectivity index (χ1v) is 6.79. The maximum absolute atomic E-state index is 11.5. The van der Waals surface area contributed by atoms with Gasteiger partial charge in [-0.3, -0.25) is 4.79 Å². The number of amides is 1. The molecule has 5 heteroatoms. The molecule has 21 heavy (non-hydrogen) atoms. The summed E-state index contributed by atoms with van der Waals surface area (Å²) in [5, 5.41) is 5.82. The smallest absolute Gasteiger partial charge is 0.258 e. The average molecular weight is 290 g/mol. The number of hydrogen-bond acceptors (Lipinski definition) is 4. The molecular formula is C16H22N2O3. The van der Waals surface area contributed by atoms with Gasteiger partial charge >= 0.3 is 0 Å². The lowest BCUT2D eigenvalue weighted by atomic mass is 10.1. The second-order valence-corrected chi connectivity index (χ2v) is 4.55. The summed E-state index contributed by atoms with van der Waals surface area (Å²) in [6, 6.07) is 5.86. The highest BCUT2D eigenvalue weighted by Gasteiger charge is 2.07. The number of aryl methyl sites for hydroxylation is 1. The number of carbonyl (C=O) groups excluding carboxylic acids is 1. The molecule has 0 saturated carbocycles. The van der Waals surface area contributed by atoms with E-state index in [9.17, 15) is 4.79 Å². The van der Waals surface area contributed by atoms with Gasteiger partial charge in [0, 0.05) is 25.8 Å². The number of terminal acetylenes is 1. The Hall–Kier alpha value is -2.03. The lowest BCUT2D eigenvalue weighted by Gasteiger charge is -2.13. The van der Waals surface area contributed by atoms with Crippen LogP contribution in [0, 0.1) is 19.3 Å². The van der Waals surface area contributed by atoms with Crippen molar-refractivity contribution in [2.24, 2.45) is 0 Å². The molecule has 0 fully saturated rings. The van der Waals surface area contributed by atoms with Gasteiger partial charge in [0.25, 0.3) is 5.91 Å². The molecule has 0 saturated heterocycles. The van der Waals surface area contributed by atoms with Crippen LogP contribution >= 0.6 is 0 Å². The Bertz CT molecular complexity index is 495. The van der Waals surface area contributed by atoms with Gasteiger partial charge in [-0.25, -0.2) is 0 Å². The summed E-state index contributed by atoms with van der Waals surface area (Å²) >= 11 is 0. The molecule has 0 unspecified atom stereocenters. The van der Waals surface area contributed by atoms with Gasteiger partial charge < -0.3 is 20.1 Å². The van der Waals surface area contributed by atoms with E-state index in [0.29, 0.717) is 18.9 Å². The number of rotatable bonds is 9. The number of carbonyl (C=O) groups is 1. The molecule has 0 atom stereocenters. The van der Waals surface area contributed by atoms with E-state index in [1.807, 2.05) is 25.1 Å². The summed E-state index contributed by atoms with van der Waals surface area (Å²) in [4.78, 5) is 11.5. The zero-order valence-corrected chi connectivity index (χ0v) is 12.6. The standard InChI is InChI=1S/C16H22N2O3/c1-4-7-18-16(19)12-21-15-6-5-13(2)10-14(15)11-17-8-9-20-3/h1,5-6,10,17H,7-9,11-12H2,2-3H3,(H,18,19). The molecule has 0 bridgehead atoms. The van der Waals surface area contributed by atoms with E-state index >= 15 is 0 Å². The van der Waals surface area contributed by atoms with Crippen molar-refractivity contribution in [3.05, 3.63) is 29.3 Å². The third-order valence-corrected chi connectivity index (χ3v) is 2.76. The second kappa shape index (κ2) is 9.81. The zero-order chi connectivity index (χ0) is 15.5. The van der Waals surface area contributed by atoms with E-state index < -0.39 is 0 Å². The second-order valence-electron chi connectivity index (χ2n) is 4.55. The normalized spacial score (nSPS) is 9.95. The van der Waals surface area contributed by atoms with E-state index in [2.05, 4.69) is 16.6 Å². The van der Waals surface area contributed by atoms with Crippen LogP contribution in [-0.2, 0) is 16.1 Å². The van der Waals surface area contributed by atoms with Crippen LogP contribution < -0.4 is 15.4 Å². The Kier molecular flexibility index (Phi) is 7.95. The van der Waals surface area contributed by atoms with Crippen molar-refractivity contribution in [2.75, 3.05) is 33.4 Å². The SMILES string of the molecule is C#CCNC(=O)COc1ccc(C)cc1CNCCOC. The lowest BCUT2D eigenvalue weighted by Crippen LogP contribution is -2.29. The minimum Gasteiger partial charge on any atom is -0.483 e. The Labute approximate surface area is 126 Å². The Balaban J connectivity index is 2.55. The molecule has 1 amide bonds. The fraction of sp³-hybridized carbons (Fsp3) is 0.438. The molecule has 0 spiro atoms. The maximum atomic E-state index is 11.5. The summed E-state index contributed by atoms with van der Waals surface area (Å²) in [5.41, 5.74) is 2.15. The van der Waals surface area contributed by atoms with Crippen LogP contribution in [0.4, 0.5) is 0 Å². The van der Waals surface area contributed by atoms with Crippen LogP contribution in [0.3, 0.4) is 0 Å². The molecule has 114 valence electrons. The molecule has 0 aliphatic carbocycles. The molecule has 5 nitrogen and oxygen atoms in total. The quantitative estimate of drug-likeness (QED) is 0.523. The van der Waals surface area contributed by atoms with E-state index in [1.165, 1.54) is 0 Å². The lowest BCUT2D eigenvalue weighted by molar-refractivity contribution is -0.122. The van der Waals surface area contributed by atoms with Crippen LogP contribution in [0.25, 0.3) is 0 Å². The number of ether oxygens (including phenoxy) is 2. The van der Waals surface area contributed by atoms with Crippen LogP contribution in [0.1, 0.15) is 11.1 Å². The molecule has 2 N–H and O–H groups in total. The van der Waals surface area contributed by atoms with Crippen molar-refractivity contribution >= 4 is 5.91 Å². The number of methoxy groups -OCH3 is 1. The highest BCUT2D eigenvalue weighted by molar-refractivity contribution is 5.77. The average Bonchev–Trinajstić information content (AvgIpc) is 2.48. The predicted molar refractivity (Wildman–Crippen MR) is 82.1 cm³/mol. The van der Waals surface area contributed by atoms with E-state index in [0.717, 1.165) is 17.7 Å². The molecular weight excluding hydrogens is 268 g/mol.